The van der Waals surface area contributed by atoms with Crippen molar-refractivity contribution in [3.05, 3.63) is 24.3 Å². The van der Waals surface area contributed by atoms with Crippen molar-refractivity contribution in [1.82, 2.24) is 4.90 Å². The first kappa shape index (κ1) is 33.4. The van der Waals surface area contributed by atoms with Crippen molar-refractivity contribution in [1.29, 1.82) is 0 Å². The number of unbranched alkanes of at least 4 members (excludes halogenated alkanes) is 9. The summed E-state index contributed by atoms with van der Waals surface area (Å²) in [6.45, 7) is 13.1. The molecule has 1 fully saturated rings. The molecule has 0 spiro atoms. The van der Waals surface area contributed by atoms with Gasteiger partial charge in [-0.15, -0.1) is 0 Å². The van der Waals surface area contributed by atoms with Crippen LogP contribution in [-0.4, -0.2) is 50.5 Å². The van der Waals surface area contributed by atoms with E-state index in [1.54, 1.807) is 0 Å². The lowest BCUT2D eigenvalue weighted by Gasteiger charge is -2.21. The molecule has 3 atom stereocenters. The predicted molar refractivity (Wildman–Crippen MR) is 159 cm³/mol. The van der Waals surface area contributed by atoms with Gasteiger partial charge in [0.25, 0.3) is 0 Å². The second-order valence-corrected chi connectivity index (χ2v) is 11.8. The fourth-order valence-electron chi connectivity index (χ4n) is 5.01. The van der Waals surface area contributed by atoms with E-state index in [0.717, 1.165) is 44.6 Å². The molecule has 0 radical (unpaired) electrons. The highest BCUT2D eigenvalue weighted by Gasteiger charge is 2.32. The maximum Gasteiger partial charge on any atom is 0.0975 e. The number of nitrogens with zero attached hydrogens (tertiary/aromatic N) is 1. The van der Waals surface area contributed by atoms with Crippen molar-refractivity contribution in [2.45, 2.75) is 143 Å². The second kappa shape index (κ2) is 23.5. The first-order valence-corrected chi connectivity index (χ1v) is 15.7. The van der Waals surface area contributed by atoms with Gasteiger partial charge in [0.1, 0.15) is 0 Å². The van der Waals surface area contributed by atoms with E-state index in [0.29, 0.717) is 0 Å². The highest BCUT2D eigenvalue weighted by atomic mass is 16.5. The molecule has 0 aromatic rings. The van der Waals surface area contributed by atoms with Gasteiger partial charge in [0, 0.05) is 26.3 Å². The van der Waals surface area contributed by atoms with Crippen LogP contribution in [-0.2, 0) is 9.47 Å². The molecule has 1 unspecified atom stereocenters. The lowest BCUT2D eigenvalue weighted by Crippen LogP contribution is -2.31. The minimum atomic E-state index is 0.252. The van der Waals surface area contributed by atoms with Gasteiger partial charge in [-0.05, 0) is 63.8 Å². The number of hydrogen-bond acceptors (Lipinski definition) is 3. The van der Waals surface area contributed by atoms with Crippen LogP contribution in [0.15, 0.2) is 24.3 Å². The third-order valence-electron chi connectivity index (χ3n) is 7.50. The summed E-state index contributed by atoms with van der Waals surface area (Å²) in [6, 6.07) is 0. The van der Waals surface area contributed by atoms with E-state index < -0.39 is 0 Å². The second-order valence-electron chi connectivity index (χ2n) is 11.8. The molecule has 3 heteroatoms. The van der Waals surface area contributed by atoms with Gasteiger partial charge in [-0.25, -0.2) is 0 Å². The number of likely N-dealkylation sites (tertiary alicyclic amines) is 1. The summed E-state index contributed by atoms with van der Waals surface area (Å²) in [5, 5.41) is 0. The van der Waals surface area contributed by atoms with Crippen LogP contribution in [0.4, 0.5) is 0 Å². The molecular weight excluding hydrogens is 442 g/mol. The van der Waals surface area contributed by atoms with Gasteiger partial charge in [-0.3, -0.25) is 0 Å². The van der Waals surface area contributed by atoms with Crippen LogP contribution in [0.1, 0.15) is 130 Å². The van der Waals surface area contributed by atoms with E-state index >= 15 is 0 Å². The van der Waals surface area contributed by atoms with Crippen LogP contribution in [0.25, 0.3) is 0 Å². The summed E-state index contributed by atoms with van der Waals surface area (Å²) >= 11 is 0. The molecule has 0 bridgehead atoms. The van der Waals surface area contributed by atoms with Crippen LogP contribution in [0.2, 0.25) is 0 Å². The van der Waals surface area contributed by atoms with Gasteiger partial charge in [-0.1, -0.05) is 110 Å². The summed E-state index contributed by atoms with van der Waals surface area (Å²) in [5.74, 6) is 1.59. The number of likely N-dealkylation sites (N-methyl/N-ethyl adjacent to an activating group) is 1. The lowest BCUT2D eigenvalue weighted by molar-refractivity contribution is -0.0500. The van der Waals surface area contributed by atoms with Crippen molar-refractivity contribution < 1.29 is 9.47 Å². The quantitative estimate of drug-likeness (QED) is 0.0963. The molecule has 0 aliphatic carbocycles. The molecule has 0 saturated carbocycles. The van der Waals surface area contributed by atoms with Gasteiger partial charge in [0.05, 0.1) is 12.2 Å². The van der Waals surface area contributed by atoms with Crippen molar-refractivity contribution in [2.75, 3.05) is 33.4 Å². The molecule has 1 heterocycles. The van der Waals surface area contributed by atoms with Crippen LogP contribution in [0, 0.1) is 11.8 Å². The Labute approximate surface area is 226 Å². The number of rotatable bonds is 24. The Hall–Kier alpha value is -0.640. The van der Waals surface area contributed by atoms with E-state index in [2.05, 4.69) is 63.9 Å². The Kier molecular flexibility index (Phi) is 21.8. The molecule has 212 valence electrons. The van der Waals surface area contributed by atoms with Crippen molar-refractivity contribution in [2.24, 2.45) is 11.8 Å². The average Bonchev–Trinajstić information content (AvgIpc) is 3.19. The number of ether oxygens (including phenoxy) is 2. The fraction of sp³-hybridized carbons (Fsp3) is 0.879. The van der Waals surface area contributed by atoms with Crippen molar-refractivity contribution >= 4 is 0 Å². The van der Waals surface area contributed by atoms with Gasteiger partial charge in [0.15, 0.2) is 0 Å². The normalized spacial score (nSPS) is 19.9. The molecule has 3 nitrogen and oxygen atoms in total. The van der Waals surface area contributed by atoms with E-state index in [-0.39, 0.29) is 12.2 Å². The minimum Gasteiger partial charge on any atom is -0.374 e. The molecule has 0 amide bonds. The van der Waals surface area contributed by atoms with E-state index in [4.69, 9.17) is 9.47 Å². The smallest absolute Gasteiger partial charge is 0.0975 e. The zero-order valence-electron chi connectivity index (χ0n) is 25.0. The lowest BCUT2D eigenvalue weighted by atomic mass is 9.98. The van der Waals surface area contributed by atoms with Gasteiger partial charge < -0.3 is 14.4 Å². The van der Waals surface area contributed by atoms with Gasteiger partial charge >= 0.3 is 0 Å². The van der Waals surface area contributed by atoms with Gasteiger partial charge in [0.2, 0.25) is 0 Å². The Bertz CT molecular complexity index is 530. The number of hydrogen-bond donors (Lipinski definition) is 0. The SMILES string of the molecule is CCCCC/C=C\C/C=C\CCCCCCCCO[C@H]1CN(C)C[C@@H]1OCCC(C)CCCC(C)C. The summed E-state index contributed by atoms with van der Waals surface area (Å²) in [5.41, 5.74) is 0. The average molecular weight is 506 g/mol. The molecule has 36 heavy (non-hydrogen) atoms. The molecular formula is C33H63NO2. The molecule has 1 saturated heterocycles. The molecule has 0 aromatic carbocycles. The Morgan fingerprint density at radius 1 is 0.667 bits per heavy atom. The Morgan fingerprint density at radius 3 is 1.89 bits per heavy atom. The summed E-state index contributed by atoms with van der Waals surface area (Å²) in [4.78, 5) is 2.36. The third kappa shape index (κ3) is 19.5. The first-order chi connectivity index (χ1) is 17.5. The predicted octanol–water partition coefficient (Wildman–Crippen LogP) is 9.37. The topological polar surface area (TPSA) is 21.7 Å². The third-order valence-corrected chi connectivity index (χ3v) is 7.50. The minimum absolute atomic E-state index is 0.252. The molecule has 1 rings (SSSR count). The maximum absolute atomic E-state index is 6.29. The van der Waals surface area contributed by atoms with Crippen molar-refractivity contribution in [3.63, 3.8) is 0 Å². The fourth-order valence-corrected chi connectivity index (χ4v) is 5.01. The zero-order chi connectivity index (χ0) is 26.3. The van der Waals surface area contributed by atoms with Crippen molar-refractivity contribution in [3.8, 4) is 0 Å². The highest BCUT2D eigenvalue weighted by molar-refractivity contribution is 4.92. The molecule has 1 aliphatic heterocycles. The number of allylic oxidation sites excluding steroid dienone is 4. The Morgan fingerprint density at radius 2 is 1.25 bits per heavy atom. The van der Waals surface area contributed by atoms with Crippen LogP contribution >= 0.6 is 0 Å². The van der Waals surface area contributed by atoms with E-state index in [1.807, 2.05) is 0 Å². The van der Waals surface area contributed by atoms with Crippen LogP contribution in [0.5, 0.6) is 0 Å². The standard InChI is InChI=1S/C33H63NO2/c1-6-7-8-9-10-11-12-13-14-15-16-17-18-19-20-21-26-35-32-28-34(5)29-33(32)36-27-25-31(4)24-22-23-30(2)3/h10-11,13-14,30-33H,6-9,12,15-29H2,1-5H3/b11-10-,14-13-/t31?,32-,33-/m0/s1. The van der Waals surface area contributed by atoms with E-state index in [1.165, 1.54) is 96.3 Å². The van der Waals surface area contributed by atoms with Crippen LogP contribution < -0.4 is 0 Å². The highest BCUT2D eigenvalue weighted by Crippen LogP contribution is 2.19. The maximum atomic E-state index is 6.29. The first-order valence-electron chi connectivity index (χ1n) is 15.7. The Balaban J connectivity index is 1.97. The largest absolute Gasteiger partial charge is 0.374 e. The van der Waals surface area contributed by atoms with Crippen LogP contribution in [0.3, 0.4) is 0 Å². The molecule has 1 aliphatic rings. The van der Waals surface area contributed by atoms with E-state index in [9.17, 15) is 0 Å². The summed E-state index contributed by atoms with van der Waals surface area (Å²) < 4.78 is 12.6. The summed E-state index contributed by atoms with van der Waals surface area (Å²) in [7, 11) is 2.19. The monoisotopic (exact) mass is 505 g/mol. The molecule has 0 aromatic heterocycles. The molecule has 0 N–H and O–H groups in total. The zero-order valence-corrected chi connectivity index (χ0v) is 25.0. The summed E-state index contributed by atoms with van der Waals surface area (Å²) in [6.07, 6.45) is 30.6. The van der Waals surface area contributed by atoms with Gasteiger partial charge in [-0.2, -0.15) is 0 Å².